The van der Waals surface area contributed by atoms with Crippen LogP contribution in [0.15, 0.2) is 24.3 Å². The van der Waals surface area contributed by atoms with Crippen LogP contribution >= 0.6 is 0 Å². The highest BCUT2D eigenvalue weighted by Gasteiger charge is 2.27. The van der Waals surface area contributed by atoms with Gasteiger partial charge in [0.1, 0.15) is 0 Å². The van der Waals surface area contributed by atoms with E-state index in [0.717, 1.165) is 24.9 Å². The fourth-order valence-corrected chi connectivity index (χ4v) is 2.91. The van der Waals surface area contributed by atoms with Gasteiger partial charge in [0.15, 0.2) is 0 Å². The van der Waals surface area contributed by atoms with E-state index in [2.05, 4.69) is 26.0 Å². The van der Waals surface area contributed by atoms with E-state index in [9.17, 15) is 4.79 Å². The molecule has 1 aliphatic carbocycles. The molecule has 0 heterocycles. The minimum Gasteiger partial charge on any atom is -0.327 e. The smallest absolute Gasteiger partial charge is 0.227 e. The van der Waals surface area contributed by atoms with Gasteiger partial charge < -0.3 is 10.6 Å². The molecule has 0 saturated heterocycles. The van der Waals surface area contributed by atoms with E-state index in [1.165, 1.54) is 5.56 Å². The molecule has 3 heteroatoms. The molecule has 0 unspecified atom stereocenters. The Morgan fingerprint density at radius 2 is 1.95 bits per heavy atom. The van der Waals surface area contributed by atoms with Crippen molar-refractivity contribution in [2.45, 2.75) is 51.5 Å². The summed E-state index contributed by atoms with van der Waals surface area (Å²) in [6, 6.07) is 8.47. The molecular weight excluding hydrogens is 248 g/mol. The Kier molecular flexibility index (Phi) is 4.81. The molecule has 0 radical (unpaired) electrons. The van der Waals surface area contributed by atoms with Crippen LogP contribution in [0.2, 0.25) is 0 Å². The number of hydrogen-bond donors (Lipinski definition) is 1. The molecule has 20 heavy (non-hydrogen) atoms. The zero-order chi connectivity index (χ0) is 14.7. The van der Waals surface area contributed by atoms with Crippen LogP contribution in [-0.2, 0) is 4.79 Å². The van der Waals surface area contributed by atoms with Gasteiger partial charge in [-0.3, -0.25) is 4.79 Å². The van der Waals surface area contributed by atoms with Crippen molar-refractivity contribution in [3.8, 4) is 0 Å². The lowest BCUT2D eigenvalue weighted by molar-refractivity contribution is -0.119. The molecule has 110 valence electrons. The molecule has 1 aliphatic rings. The van der Waals surface area contributed by atoms with Crippen molar-refractivity contribution in [2.75, 3.05) is 11.9 Å². The normalized spacial score (nSPS) is 22.2. The van der Waals surface area contributed by atoms with Crippen molar-refractivity contribution in [1.82, 2.24) is 0 Å². The molecule has 0 spiro atoms. The lowest BCUT2D eigenvalue weighted by Gasteiger charge is -2.21. The van der Waals surface area contributed by atoms with Crippen LogP contribution < -0.4 is 10.6 Å². The molecule has 1 fully saturated rings. The average molecular weight is 274 g/mol. The average Bonchev–Trinajstić information content (AvgIpc) is 2.83. The van der Waals surface area contributed by atoms with E-state index in [1.807, 2.05) is 19.2 Å². The number of rotatable bonds is 4. The molecule has 3 nitrogen and oxygen atoms in total. The van der Waals surface area contributed by atoms with Gasteiger partial charge in [-0.1, -0.05) is 32.4 Å². The molecule has 1 aromatic rings. The van der Waals surface area contributed by atoms with E-state index in [1.54, 1.807) is 4.90 Å². The largest absolute Gasteiger partial charge is 0.327 e. The molecular formula is C17H26N2O. The molecule has 2 rings (SSSR count). The number of nitrogens with zero attached hydrogens (tertiary/aromatic N) is 1. The summed E-state index contributed by atoms with van der Waals surface area (Å²) in [4.78, 5) is 14.1. The van der Waals surface area contributed by atoms with Gasteiger partial charge in [-0.05, 0) is 42.4 Å². The lowest BCUT2D eigenvalue weighted by atomic mass is 9.99. The van der Waals surface area contributed by atoms with Crippen LogP contribution in [0.25, 0.3) is 0 Å². The first-order chi connectivity index (χ1) is 9.49. The minimum atomic E-state index is 0.171. The minimum absolute atomic E-state index is 0.171. The Labute approximate surface area is 122 Å². The van der Waals surface area contributed by atoms with Crippen molar-refractivity contribution in [2.24, 2.45) is 11.7 Å². The molecule has 1 aromatic carbocycles. The Hall–Kier alpha value is -1.35. The molecule has 1 saturated carbocycles. The summed E-state index contributed by atoms with van der Waals surface area (Å²) >= 11 is 0. The number of benzene rings is 1. The van der Waals surface area contributed by atoms with E-state index in [0.29, 0.717) is 18.3 Å². The standard InChI is InChI=1S/C17H26N2O/c1-12(2)13-7-9-15(10-8-13)19(3)17(20)11-14-5-4-6-16(14)18/h7-10,12,14,16H,4-6,11,18H2,1-3H3/t14-,16+/m0/s1. The fraction of sp³-hybridized carbons (Fsp3) is 0.588. The molecule has 1 amide bonds. The second-order valence-electron chi connectivity index (χ2n) is 6.26. The summed E-state index contributed by atoms with van der Waals surface area (Å²) in [5.41, 5.74) is 8.31. The van der Waals surface area contributed by atoms with Gasteiger partial charge in [0.2, 0.25) is 5.91 Å². The van der Waals surface area contributed by atoms with Gasteiger partial charge in [-0.25, -0.2) is 0 Å². The van der Waals surface area contributed by atoms with Crippen LogP contribution in [0, 0.1) is 5.92 Å². The van der Waals surface area contributed by atoms with Gasteiger partial charge in [0, 0.05) is 25.2 Å². The number of carbonyl (C=O) groups is 1. The second kappa shape index (κ2) is 6.40. The van der Waals surface area contributed by atoms with Crippen molar-refractivity contribution in [3.05, 3.63) is 29.8 Å². The van der Waals surface area contributed by atoms with Crippen LogP contribution in [0.1, 0.15) is 51.0 Å². The Morgan fingerprint density at radius 1 is 1.30 bits per heavy atom. The predicted octanol–water partition coefficient (Wildman–Crippen LogP) is 3.29. The number of anilines is 1. The Bertz CT molecular complexity index is 453. The quantitative estimate of drug-likeness (QED) is 0.915. The van der Waals surface area contributed by atoms with E-state index >= 15 is 0 Å². The maximum atomic E-state index is 12.3. The van der Waals surface area contributed by atoms with Crippen LogP contribution in [0.4, 0.5) is 5.69 Å². The van der Waals surface area contributed by atoms with Crippen LogP contribution in [0.5, 0.6) is 0 Å². The number of nitrogens with two attached hydrogens (primary N) is 1. The van der Waals surface area contributed by atoms with Gasteiger partial charge in [-0.15, -0.1) is 0 Å². The summed E-state index contributed by atoms with van der Waals surface area (Å²) in [6.07, 6.45) is 3.88. The second-order valence-corrected chi connectivity index (χ2v) is 6.26. The van der Waals surface area contributed by atoms with Gasteiger partial charge in [0.05, 0.1) is 0 Å². The summed E-state index contributed by atoms with van der Waals surface area (Å²) in [7, 11) is 1.85. The first-order valence-electron chi connectivity index (χ1n) is 7.61. The summed E-state index contributed by atoms with van der Waals surface area (Å²) in [6.45, 7) is 4.34. The number of carbonyl (C=O) groups excluding carboxylic acids is 1. The monoisotopic (exact) mass is 274 g/mol. The highest BCUT2D eigenvalue weighted by molar-refractivity contribution is 5.93. The summed E-state index contributed by atoms with van der Waals surface area (Å²) in [5.74, 6) is 1.05. The molecule has 0 aromatic heterocycles. The van der Waals surface area contributed by atoms with E-state index in [4.69, 9.17) is 5.73 Å². The zero-order valence-electron chi connectivity index (χ0n) is 12.8. The van der Waals surface area contributed by atoms with Crippen LogP contribution in [-0.4, -0.2) is 19.0 Å². The Balaban J connectivity index is 1.99. The molecule has 0 bridgehead atoms. The van der Waals surface area contributed by atoms with Crippen molar-refractivity contribution in [3.63, 3.8) is 0 Å². The maximum Gasteiger partial charge on any atom is 0.227 e. The van der Waals surface area contributed by atoms with Crippen LogP contribution in [0.3, 0.4) is 0 Å². The lowest BCUT2D eigenvalue weighted by Crippen LogP contribution is -2.32. The topological polar surface area (TPSA) is 46.3 Å². The number of hydrogen-bond acceptors (Lipinski definition) is 2. The zero-order valence-corrected chi connectivity index (χ0v) is 12.8. The maximum absolute atomic E-state index is 12.3. The summed E-state index contributed by atoms with van der Waals surface area (Å²) in [5, 5.41) is 0. The molecule has 2 atom stereocenters. The highest BCUT2D eigenvalue weighted by Crippen LogP contribution is 2.28. The van der Waals surface area contributed by atoms with Gasteiger partial charge >= 0.3 is 0 Å². The predicted molar refractivity (Wildman–Crippen MR) is 83.9 cm³/mol. The molecule has 2 N–H and O–H groups in total. The third-order valence-corrected chi connectivity index (χ3v) is 4.48. The number of amides is 1. The van der Waals surface area contributed by atoms with Gasteiger partial charge in [0.25, 0.3) is 0 Å². The Morgan fingerprint density at radius 3 is 2.45 bits per heavy atom. The SMILES string of the molecule is CC(C)c1ccc(N(C)C(=O)C[C@@H]2CCC[C@H]2N)cc1. The summed E-state index contributed by atoms with van der Waals surface area (Å²) < 4.78 is 0. The first kappa shape index (κ1) is 15.0. The van der Waals surface area contributed by atoms with E-state index in [-0.39, 0.29) is 11.9 Å². The van der Waals surface area contributed by atoms with E-state index < -0.39 is 0 Å². The molecule has 0 aliphatic heterocycles. The fourth-order valence-electron chi connectivity index (χ4n) is 2.91. The van der Waals surface area contributed by atoms with Gasteiger partial charge in [-0.2, -0.15) is 0 Å². The van der Waals surface area contributed by atoms with Crippen molar-refractivity contribution in [1.29, 1.82) is 0 Å². The highest BCUT2D eigenvalue weighted by atomic mass is 16.2. The van der Waals surface area contributed by atoms with Crippen molar-refractivity contribution >= 4 is 11.6 Å². The first-order valence-corrected chi connectivity index (χ1v) is 7.61. The third-order valence-electron chi connectivity index (χ3n) is 4.48. The van der Waals surface area contributed by atoms with Crippen molar-refractivity contribution < 1.29 is 4.79 Å². The third kappa shape index (κ3) is 3.40.